The highest BCUT2D eigenvalue weighted by Gasteiger charge is 2.00. The van der Waals surface area contributed by atoms with Gasteiger partial charge in [0.15, 0.2) is 0 Å². The van der Waals surface area contributed by atoms with Crippen molar-refractivity contribution in [3.63, 3.8) is 0 Å². The third kappa shape index (κ3) is 4.19. The summed E-state index contributed by atoms with van der Waals surface area (Å²) in [5, 5.41) is 4.95. The molecule has 1 heterocycles. The van der Waals surface area contributed by atoms with E-state index in [0.717, 1.165) is 27.5 Å². The average Bonchev–Trinajstić information content (AvgIpc) is 2.37. The van der Waals surface area contributed by atoms with E-state index in [1.165, 1.54) is 0 Å². The van der Waals surface area contributed by atoms with Crippen LogP contribution in [-0.4, -0.2) is 17.3 Å². The van der Waals surface area contributed by atoms with Crippen LogP contribution in [0.4, 0.5) is 5.69 Å². The molecule has 2 aromatic rings. The topological polar surface area (TPSA) is 24.9 Å². The summed E-state index contributed by atoms with van der Waals surface area (Å²) in [6.45, 7) is 0.869. The minimum atomic E-state index is 0.713. The zero-order valence-corrected chi connectivity index (χ0v) is 12.7. The lowest BCUT2D eigenvalue weighted by molar-refractivity contribution is 1.12. The Morgan fingerprint density at radius 3 is 2.94 bits per heavy atom. The van der Waals surface area contributed by atoms with Crippen molar-refractivity contribution in [2.75, 3.05) is 17.6 Å². The fourth-order valence-electron chi connectivity index (χ4n) is 1.42. The van der Waals surface area contributed by atoms with E-state index in [0.29, 0.717) is 5.02 Å². The largest absolute Gasteiger partial charge is 0.384 e. The van der Waals surface area contributed by atoms with Crippen LogP contribution in [0.1, 0.15) is 0 Å². The van der Waals surface area contributed by atoms with E-state index in [2.05, 4.69) is 32.3 Å². The van der Waals surface area contributed by atoms with E-state index in [1.807, 2.05) is 30.3 Å². The molecular weight excluding hydrogens is 332 g/mol. The van der Waals surface area contributed by atoms with Crippen LogP contribution in [0, 0.1) is 0 Å². The summed E-state index contributed by atoms with van der Waals surface area (Å²) in [7, 11) is 0. The van der Waals surface area contributed by atoms with Gasteiger partial charge in [0, 0.05) is 28.7 Å². The van der Waals surface area contributed by atoms with Crippen LogP contribution in [-0.2, 0) is 0 Å². The summed E-state index contributed by atoms with van der Waals surface area (Å²) in [5.41, 5.74) is 1.11. The van der Waals surface area contributed by atoms with E-state index < -0.39 is 0 Å². The zero-order valence-electron chi connectivity index (χ0n) is 9.57. The second kappa shape index (κ2) is 7.02. The molecule has 0 aliphatic heterocycles. The van der Waals surface area contributed by atoms with Crippen LogP contribution in [0.25, 0.3) is 0 Å². The van der Waals surface area contributed by atoms with Gasteiger partial charge in [-0.2, -0.15) is 0 Å². The number of hydrogen-bond acceptors (Lipinski definition) is 3. The second-order valence-corrected chi connectivity index (χ2v) is 5.98. The molecule has 18 heavy (non-hydrogen) atoms. The highest BCUT2D eigenvalue weighted by Crippen LogP contribution is 2.23. The molecule has 0 bridgehead atoms. The number of anilines is 1. The second-order valence-electron chi connectivity index (χ2n) is 3.58. The van der Waals surface area contributed by atoms with E-state index >= 15 is 0 Å². The Morgan fingerprint density at radius 2 is 2.17 bits per heavy atom. The molecule has 0 saturated carbocycles. The summed E-state index contributed by atoms with van der Waals surface area (Å²) in [5.74, 6) is 0.920. The lowest BCUT2D eigenvalue weighted by Gasteiger charge is -2.06. The molecule has 0 fully saturated rings. The number of rotatable bonds is 5. The van der Waals surface area contributed by atoms with Gasteiger partial charge in [-0.3, -0.25) is 0 Å². The minimum Gasteiger partial charge on any atom is -0.384 e. The van der Waals surface area contributed by atoms with E-state index in [1.54, 1.807) is 18.0 Å². The summed E-state index contributed by atoms with van der Waals surface area (Å²) >= 11 is 11.1. The summed E-state index contributed by atoms with van der Waals surface area (Å²) in [6.07, 6.45) is 1.76. The van der Waals surface area contributed by atoms with Gasteiger partial charge >= 0.3 is 0 Å². The molecule has 0 unspecified atom stereocenters. The smallest absolute Gasteiger partial charge is 0.115 e. The normalized spacial score (nSPS) is 10.3. The van der Waals surface area contributed by atoms with Crippen molar-refractivity contribution in [1.29, 1.82) is 0 Å². The van der Waals surface area contributed by atoms with Crippen LogP contribution in [0.3, 0.4) is 0 Å². The SMILES string of the molecule is Clc1cccnc1SCCNc1cccc(Br)c1. The van der Waals surface area contributed by atoms with Gasteiger partial charge in [-0.1, -0.05) is 33.6 Å². The Morgan fingerprint density at radius 1 is 1.28 bits per heavy atom. The summed E-state index contributed by atoms with van der Waals surface area (Å²) in [6, 6.07) is 11.8. The summed E-state index contributed by atoms with van der Waals surface area (Å²) in [4.78, 5) is 4.23. The molecule has 1 N–H and O–H groups in total. The number of nitrogens with one attached hydrogen (secondary N) is 1. The Balaban J connectivity index is 1.78. The van der Waals surface area contributed by atoms with Gasteiger partial charge in [0.2, 0.25) is 0 Å². The molecule has 0 atom stereocenters. The number of aromatic nitrogens is 1. The molecule has 94 valence electrons. The third-order valence-electron chi connectivity index (χ3n) is 2.22. The Labute approximate surface area is 124 Å². The highest BCUT2D eigenvalue weighted by atomic mass is 79.9. The van der Waals surface area contributed by atoms with Crippen molar-refractivity contribution in [2.45, 2.75) is 5.03 Å². The zero-order chi connectivity index (χ0) is 12.8. The minimum absolute atomic E-state index is 0.713. The predicted molar refractivity (Wildman–Crippen MR) is 82.6 cm³/mol. The first kappa shape index (κ1) is 13.7. The molecule has 2 rings (SSSR count). The van der Waals surface area contributed by atoms with Crippen LogP contribution in [0.2, 0.25) is 5.02 Å². The first-order valence-corrected chi connectivity index (χ1v) is 7.64. The standard InChI is InChI=1S/C13H12BrClN2S/c14-10-3-1-4-11(9-10)16-7-8-18-13-12(15)5-2-6-17-13/h1-6,9,16H,7-8H2. The van der Waals surface area contributed by atoms with Crippen LogP contribution < -0.4 is 5.32 Å². The van der Waals surface area contributed by atoms with Gasteiger partial charge in [0.05, 0.1) is 5.02 Å². The third-order valence-corrected chi connectivity index (χ3v) is 4.14. The number of thioether (sulfide) groups is 1. The van der Waals surface area contributed by atoms with Crippen molar-refractivity contribution < 1.29 is 0 Å². The molecule has 0 amide bonds. The van der Waals surface area contributed by atoms with Gasteiger partial charge in [-0.25, -0.2) is 4.98 Å². The van der Waals surface area contributed by atoms with Gasteiger partial charge in [-0.15, -0.1) is 11.8 Å². The number of pyridine rings is 1. The molecule has 5 heteroatoms. The van der Waals surface area contributed by atoms with Crippen LogP contribution >= 0.6 is 39.3 Å². The molecule has 2 nitrogen and oxygen atoms in total. The number of nitrogens with zero attached hydrogens (tertiary/aromatic N) is 1. The van der Waals surface area contributed by atoms with Crippen molar-refractivity contribution in [3.05, 3.63) is 52.1 Å². The average molecular weight is 344 g/mol. The van der Waals surface area contributed by atoms with Crippen molar-refractivity contribution in [1.82, 2.24) is 4.98 Å². The lowest BCUT2D eigenvalue weighted by atomic mass is 10.3. The van der Waals surface area contributed by atoms with Gasteiger partial charge < -0.3 is 5.32 Å². The van der Waals surface area contributed by atoms with Crippen molar-refractivity contribution >= 4 is 45.0 Å². The Hall–Kier alpha value is -0.710. The molecule has 0 spiro atoms. The molecule has 0 radical (unpaired) electrons. The van der Waals surface area contributed by atoms with Crippen LogP contribution in [0.5, 0.6) is 0 Å². The quantitative estimate of drug-likeness (QED) is 0.629. The fraction of sp³-hybridized carbons (Fsp3) is 0.154. The molecule has 0 saturated heterocycles. The van der Waals surface area contributed by atoms with E-state index in [9.17, 15) is 0 Å². The molecular formula is C13H12BrClN2S. The number of benzene rings is 1. The monoisotopic (exact) mass is 342 g/mol. The lowest BCUT2D eigenvalue weighted by Crippen LogP contribution is -2.04. The van der Waals surface area contributed by atoms with Crippen molar-refractivity contribution in [3.8, 4) is 0 Å². The van der Waals surface area contributed by atoms with Crippen LogP contribution in [0.15, 0.2) is 52.1 Å². The van der Waals surface area contributed by atoms with E-state index in [4.69, 9.17) is 11.6 Å². The predicted octanol–water partition coefficient (Wildman–Crippen LogP) is 4.70. The van der Waals surface area contributed by atoms with Gasteiger partial charge in [0.25, 0.3) is 0 Å². The maximum atomic E-state index is 6.03. The summed E-state index contributed by atoms with van der Waals surface area (Å²) < 4.78 is 1.08. The molecule has 1 aromatic heterocycles. The Kier molecular flexibility index (Phi) is 5.35. The molecule has 0 aliphatic carbocycles. The number of halogens is 2. The number of hydrogen-bond donors (Lipinski definition) is 1. The highest BCUT2D eigenvalue weighted by molar-refractivity contribution is 9.10. The van der Waals surface area contributed by atoms with Gasteiger partial charge in [-0.05, 0) is 30.3 Å². The Bertz CT molecular complexity index is 522. The molecule has 0 aliphatic rings. The maximum absolute atomic E-state index is 6.03. The molecule has 1 aromatic carbocycles. The van der Waals surface area contributed by atoms with Gasteiger partial charge in [0.1, 0.15) is 5.03 Å². The first-order valence-electron chi connectivity index (χ1n) is 5.48. The van der Waals surface area contributed by atoms with E-state index in [-0.39, 0.29) is 0 Å². The maximum Gasteiger partial charge on any atom is 0.115 e. The fourth-order valence-corrected chi connectivity index (χ4v) is 2.84. The first-order chi connectivity index (χ1) is 8.75. The van der Waals surface area contributed by atoms with Crippen molar-refractivity contribution in [2.24, 2.45) is 0 Å².